The number of nitrogens with zero attached hydrogens (tertiary/aromatic N) is 1. The van der Waals surface area contributed by atoms with Gasteiger partial charge < -0.3 is 4.42 Å². The Morgan fingerprint density at radius 2 is 2.50 bits per heavy atom. The summed E-state index contributed by atoms with van der Waals surface area (Å²) in [5.74, 6) is 0.245. The van der Waals surface area contributed by atoms with Gasteiger partial charge in [-0.3, -0.25) is 0 Å². The van der Waals surface area contributed by atoms with Crippen molar-refractivity contribution in [3.05, 3.63) is 23.1 Å². The minimum absolute atomic E-state index is 0.245. The van der Waals surface area contributed by atoms with Crippen molar-refractivity contribution in [2.45, 2.75) is 0 Å². The van der Waals surface area contributed by atoms with E-state index >= 15 is 0 Å². The summed E-state index contributed by atoms with van der Waals surface area (Å²) in [6.07, 6.45) is 1.32. The van der Waals surface area contributed by atoms with Crippen molar-refractivity contribution in [2.75, 3.05) is 0 Å². The van der Waals surface area contributed by atoms with E-state index in [2.05, 4.69) is 4.42 Å². The highest BCUT2D eigenvalue weighted by atomic mass is 35.5. The number of furan rings is 1. The van der Waals surface area contributed by atoms with Crippen molar-refractivity contribution >= 4 is 11.6 Å². The van der Waals surface area contributed by atoms with Gasteiger partial charge in [-0.1, -0.05) is 11.6 Å². The molecule has 0 amide bonds. The van der Waals surface area contributed by atoms with Crippen LogP contribution in [0.3, 0.4) is 0 Å². The van der Waals surface area contributed by atoms with Crippen LogP contribution in [0.1, 0.15) is 5.76 Å². The minimum Gasteiger partial charge on any atom is -0.452 e. The summed E-state index contributed by atoms with van der Waals surface area (Å²) >= 11 is 5.39. The molecule has 0 saturated carbocycles. The van der Waals surface area contributed by atoms with Crippen LogP contribution in [0.25, 0.3) is 0 Å². The van der Waals surface area contributed by atoms with Gasteiger partial charge in [0, 0.05) is 6.07 Å². The van der Waals surface area contributed by atoms with Crippen LogP contribution in [0.4, 0.5) is 0 Å². The molecule has 0 N–H and O–H groups in total. The zero-order valence-electron chi connectivity index (χ0n) is 3.89. The van der Waals surface area contributed by atoms with E-state index in [9.17, 15) is 0 Å². The SMILES string of the molecule is N#Cc1cc(Cl)co1. The van der Waals surface area contributed by atoms with E-state index < -0.39 is 0 Å². The molecule has 0 radical (unpaired) electrons. The van der Waals surface area contributed by atoms with Crippen molar-refractivity contribution in [1.82, 2.24) is 0 Å². The maximum absolute atomic E-state index is 8.15. The van der Waals surface area contributed by atoms with E-state index in [-0.39, 0.29) is 5.76 Å². The van der Waals surface area contributed by atoms with E-state index in [4.69, 9.17) is 16.9 Å². The lowest BCUT2D eigenvalue weighted by molar-refractivity contribution is 0.553. The standard InChI is InChI=1S/C5H2ClNO/c6-4-1-5(2-7)8-3-4/h1,3H. The zero-order valence-corrected chi connectivity index (χ0v) is 4.64. The van der Waals surface area contributed by atoms with Crippen LogP contribution in [-0.2, 0) is 0 Å². The van der Waals surface area contributed by atoms with Crippen LogP contribution in [0, 0.1) is 11.3 Å². The highest BCUT2D eigenvalue weighted by Crippen LogP contribution is 2.10. The van der Waals surface area contributed by atoms with Crippen LogP contribution in [0.2, 0.25) is 5.02 Å². The molecule has 0 unspecified atom stereocenters. The average molecular weight is 128 g/mol. The molecule has 8 heavy (non-hydrogen) atoms. The molecule has 0 aliphatic carbocycles. The van der Waals surface area contributed by atoms with E-state index in [0.29, 0.717) is 5.02 Å². The molecule has 1 rings (SSSR count). The number of halogens is 1. The topological polar surface area (TPSA) is 36.9 Å². The quantitative estimate of drug-likeness (QED) is 0.533. The Morgan fingerprint density at radius 1 is 1.75 bits per heavy atom. The maximum Gasteiger partial charge on any atom is 0.204 e. The highest BCUT2D eigenvalue weighted by Gasteiger charge is 1.93. The maximum atomic E-state index is 8.15. The minimum atomic E-state index is 0.245. The van der Waals surface area contributed by atoms with Crippen LogP contribution in [0.5, 0.6) is 0 Å². The fourth-order valence-electron chi connectivity index (χ4n) is 0.372. The van der Waals surface area contributed by atoms with Crippen molar-refractivity contribution < 1.29 is 4.42 Å². The Kier molecular flexibility index (Phi) is 1.23. The molecule has 0 fully saturated rings. The molecule has 0 bridgehead atoms. The Balaban J connectivity index is 3.05. The molecule has 0 aliphatic heterocycles. The van der Waals surface area contributed by atoms with E-state index in [0.717, 1.165) is 0 Å². The largest absolute Gasteiger partial charge is 0.452 e. The Bertz CT molecular complexity index is 223. The lowest BCUT2D eigenvalue weighted by Gasteiger charge is -1.65. The first kappa shape index (κ1) is 5.20. The van der Waals surface area contributed by atoms with Crippen LogP contribution < -0.4 is 0 Å². The summed E-state index contributed by atoms with van der Waals surface area (Å²) in [4.78, 5) is 0. The molecular weight excluding hydrogens is 126 g/mol. The Morgan fingerprint density at radius 3 is 2.75 bits per heavy atom. The van der Waals surface area contributed by atoms with Gasteiger partial charge in [0.25, 0.3) is 0 Å². The molecule has 0 saturated heterocycles. The Labute approximate surface area is 51.3 Å². The van der Waals surface area contributed by atoms with Gasteiger partial charge in [-0.25, -0.2) is 0 Å². The predicted octanol–water partition coefficient (Wildman–Crippen LogP) is 1.80. The number of nitriles is 1. The third kappa shape index (κ3) is 0.824. The molecule has 40 valence electrons. The summed E-state index contributed by atoms with van der Waals surface area (Å²) in [5.41, 5.74) is 0. The first-order valence-corrected chi connectivity index (χ1v) is 2.35. The van der Waals surface area contributed by atoms with Crippen molar-refractivity contribution in [3.8, 4) is 6.07 Å². The van der Waals surface area contributed by atoms with Gasteiger partial charge in [-0.05, 0) is 0 Å². The van der Waals surface area contributed by atoms with Gasteiger partial charge in [0.1, 0.15) is 12.3 Å². The fourth-order valence-corrected chi connectivity index (χ4v) is 0.515. The third-order valence-corrected chi connectivity index (χ3v) is 0.876. The second kappa shape index (κ2) is 1.89. The number of rotatable bonds is 0. The summed E-state index contributed by atoms with van der Waals surface area (Å²) in [5, 5.41) is 8.61. The second-order valence-electron chi connectivity index (χ2n) is 1.24. The molecular formula is C5H2ClNO. The smallest absolute Gasteiger partial charge is 0.204 e. The lowest BCUT2D eigenvalue weighted by Crippen LogP contribution is -1.55. The van der Waals surface area contributed by atoms with E-state index in [1.807, 2.05) is 0 Å². The van der Waals surface area contributed by atoms with E-state index in [1.165, 1.54) is 12.3 Å². The van der Waals surface area contributed by atoms with Crippen molar-refractivity contribution in [2.24, 2.45) is 0 Å². The van der Waals surface area contributed by atoms with Gasteiger partial charge in [-0.15, -0.1) is 0 Å². The number of hydrogen-bond acceptors (Lipinski definition) is 2. The van der Waals surface area contributed by atoms with Crippen molar-refractivity contribution in [1.29, 1.82) is 5.26 Å². The molecule has 3 heteroatoms. The zero-order chi connectivity index (χ0) is 5.98. The van der Waals surface area contributed by atoms with Crippen molar-refractivity contribution in [3.63, 3.8) is 0 Å². The van der Waals surface area contributed by atoms with E-state index in [1.54, 1.807) is 6.07 Å². The molecule has 0 spiro atoms. The third-order valence-electron chi connectivity index (χ3n) is 0.678. The number of hydrogen-bond donors (Lipinski definition) is 0. The summed E-state index contributed by atoms with van der Waals surface area (Å²) in [7, 11) is 0. The van der Waals surface area contributed by atoms with Crippen LogP contribution in [0.15, 0.2) is 16.7 Å². The van der Waals surface area contributed by atoms with Gasteiger partial charge in [-0.2, -0.15) is 5.26 Å². The molecule has 0 aliphatic rings. The molecule has 0 atom stereocenters. The average Bonchev–Trinajstić information content (AvgIpc) is 2.14. The van der Waals surface area contributed by atoms with Gasteiger partial charge in [0.05, 0.1) is 5.02 Å². The second-order valence-corrected chi connectivity index (χ2v) is 1.68. The van der Waals surface area contributed by atoms with Gasteiger partial charge >= 0.3 is 0 Å². The highest BCUT2D eigenvalue weighted by molar-refractivity contribution is 6.30. The first-order chi connectivity index (χ1) is 3.83. The van der Waals surface area contributed by atoms with Crippen LogP contribution >= 0.6 is 11.6 Å². The monoisotopic (exact) mass is 127 g/mol. The summed E-state index contributed by atoms with van der Waals surface area (Å²) < 4.78 is 4.62. The lowest BCUT2D eigenvalue weighted by atomic mass is 10.5. The Hall–Kier alpha value is -0.940. The molecule has 0 aromatic carbocycles. The predicted molar refractivity (Wildman–Crippen MR) is 28.4 cm³/mol. The summed E-state index contributed by atoms with van der Waals surface area (Å²) in [6, 6.07) is 3.26. The van der Waals surface area contributed by atoms with Gasteiger partial charge in [0.2, 0.25) is 5.76 Å². The fraction of sp³-hybridized carbons (Fsp3) is 0. The van der Waals surface area contributed by atoms with Crippen LogP contribution in [-0.4, -0.2) is 0 Å². The molecule has 1 aromatic rings. The summed E-state index contributed by atoms with van der Waals surface area (Å²) in [6.45, 7) is 0. The molecule has 2 nitrogen and oxygen atoms in total. The molecule has 1 heterocycles. The molecule has 1 aromatic heterocycles. The normalized spacial score (nSPS) is 8.50. The van der Waals surface area contributed by atoms with Gasteiger partial charge in [0.15, 0.2) is 0 Å². The first-order valence-electron chi connectivity index (χ1n) is 1.97.